The minimum absolute atomic E-state index is 0.702. The number of halogens is 1. The zero-order valence-corrected chi connectivity index (χ0v) is 13.5. The fraction of sp³-hybridized carbons (Fsp3) is 0. The van der Waals surface area contributed by atoms with Crippen molar-refractivity contribution in [2.45, 2.75) is 0 Å². The lowest BCUT2D eigenvalue weighted by molar-refractivity contribution is 1.22. The average Bonchev–Trinajstić information content (AvgIpc) is 2.63. The van der Waals surface area contributed by atoms with Crippen LogP contribution in [0.15, 0.2) is 73.1 Å². The highest BCUT2D eigenvalue weighted by molar-refractivity contribution is 6.33. The Morgan fingerprint density at radius 1 is 0.875 bits per heavy atom. The summed E-state index contributed by atoms with van der Waals surface area (Å²) < 4.78 is 0. The molecule has 0 atom stereocenters. The molecule has 4 heteroatoms. The number of benzene rings is 3. The van der Waals surface area contributed by atoms with Gasteiger partial charge in [-0.15, -0.1) is 0 Å². The van der Waals surface area contributed by atoms with Crippen molar-refractivity contribution in [3.05, 3.63) is 84.1 Å². The quantitative estimate of drug-likeness (QED) is 0.539. The molecule has 0 aliphatic rings. The first-order chi connectivity index (χ1) is 11.8. The lowest BCUT2D eigenvalue weighted by Crippen LogP contribution is -1.98. The highest BCUT2D eigenvalue weighted by atomic mass is 35.5. The Balaban J connectivity index is 1.82. The molecule has 0 unspecified atom stereocenters. The molecule has 1 radical (unpaired) electrons. The number of rotatable bonds is 3. The van der Waals surface area contributed by atoms with Crippen molar-refractivity contribution in [3.8, 4) is 11.1 Å². The van der Waals surface area contributed by atoms with Crippen molar-refractivity contribution in [1.29, 1.82) is 0 Å². The molecule has 0 amide bonds. The molecule has 0 saturated carbocycles. The van der Waals surface area contributed by atoms with E-state index in [1.165, 1.54) is 0 Å². The summed E-state index contributed by atoms with van der Waals surface area (Å²) in [5.41, 5.74) is 3.75. The standard InChI is InChI=1S/C20H13ClN3/c21-17-10-4-1-7-14(17)15-8-2-6-12-19(15)24-20-16-9-3-5-11-18(16)22-13-23-20/h1,3-13H,(H,22,23,24). The van der Waals surface area contributed by atoms with Crippen LogP contribution >= 0.6 is 11.6 Å². The van der Waals surface area contributed by atoms with Gasteiger partial charge in [-0.25, -0.2) is 9.97 Å². The predicted molar refractivity (Wildman–Crippen MR) is 98.5 cm³/mol. The van der Waals surface area contributed by atoms with Crippen molar-refractivity contribution < 1.29 is 0 Å². The molecule has 3 nitrogen and oxygen atoms in total. The molecule has 0 saturated heterocycles. The molecule has 0 bridgehead atoms. The number of para-hydroxylation sites is 1. The van der Waals surface area contributed by atoms with E-state index < -0.39 is 0 Å². The highest BCUT2D eigenvalue weighted by Crippen LogP contribution is 2.35. The SMILES string of the molecule is Clc1ccccc1-c1c[c]ccc1Nc1ncnc2ccccc12. The summed E-state index contributed by atoms with van der Waals surface area (Å²) in [6, 6.07) is 24.6. The molecule has 3 aromatic carbocycles. The van der Waals surface area contributed by atoms with E-state index in [0.29, 0.717) is 5.02 Å². The van der Waals surface area contributed by atoms with E-state index >= 15 is 0 Å². The fourth-order valence-corrected chi connectivity index (χ4v) is 2.91. The molecule has 0 spiro atoms. The van der Waals surface area contributed by atoms with Crippen molar-refractivity contribution >= 4 is 34.0 Å². The number of nitrogens with one attached hydrogen (secondary N) is 1. The number of fused-ring (bicyclic) bond motifs is 1. The molecule has 115 valence electrons. The monoisotopic (exact) mass is 330 g/mol. The second-order valence-corrected chi connectivity index (χ2v) is 5.72. The summed E-state index contributed by atoms with van der Waals surface area (Å²) in [6.07, 6.45) is 1.56. The fourth-order valence-electron chi connectivity index (χ4n) is 2.67. The van der Waals surface area contributed by atoms with Crippen molar-refractivity contribution in [1.82, 2.24) is 9.97 Å². The third-order valence-electron chi connectivity index (χ3n) is 3.82. The third kappa shape index (κ3) is 2.70. The van der Waals surface area contributed by atoms with E-state index in [4.69, 9.17) is 11.6 Å². The van der Waals surface area contributed by atoms with Gasteiger partial charge in [-0.05, 0) is 36.4 Å². The van der Waals surface area contributed by atoms with Crippen molar-refractivity contribution in [3.63, 3.8) is 0 Å². The Morgan fingerprint density at radius 2 is 1.71 bits per heavy atom. The maximum atomic E-state index is 6.36. The van der Waals surface area contributed by atoms with Crippen molar-refractivity contribution in [2.24, 2.45) is 0 Å². The van der Waals surface area contributed by atoms with E-state index in [2.05, 4.69) is 21.4 Å². The topological polar surface area (TPSA) is 37.8 Å². The lowest BCUT2D eigenvalue weighted by atomic mass is 10.0. The zero-order valence-electron chi connectivity index (χ0n) is 12.7. The summed E-state index contributed by atoms with van der Waals surface area (Å²) in [7, 11) is 0. The Bertz CT molecular complexity index is 1010. The normalized spacial score (nSPS) is 10.7. The Hall–Kier alpha value is -2.91. The summed E-state index contributed by atoms with van der Waals surface area (Å²) in [5.74, 6) is 0.764. The van der Waals surface area contributed by atoms with Crippen LogP contribution in [-0.4, -0.2) is 9.97 Å². The Kier molecular flexibility index (Phi) is 3.85. The summed E-state index contributed by atoms with van der Waals surface area (Å²) >= 11 is 6.36. The van der Waals surface area contributed by atoms with E-state index in [1.54, 1.807) is 6.33 Å². The first kappa shape index (κ1) is 14.7. The van der Waals surface area contributed by atoms with E-state index in [0.717, 1.165) is 33.5 Å². The van der Waals surface area contributed by atoms with Crippen LogP contribution in [0.1, 0.15) is 0 Å². The summed E-state index contributed by atoms with van der Waals surface area (Å²) in [6.45, 7) is 0. The molecule has 24 heavy (non-hydrogen) atoms. The first-order valence-corrected chi connectivity index (χ1v) is 7.92. The van der Waals surface area contributed by atoms with Crippen molar-refractivity contribution in [2.75, 3.05) is 5.32 Å². The maximum Gasteiger partial charge on any atom is 0.141 e. The van der Waals surface area contributed by atoms with Gasteiger partial charge < -0.3 is 5.32 Å². The smallest absolute Gasteiger partial charge is 0.141 e. The molecular formula is C20H13ClN3. The molecule has 0 fully saturated rings. The number of hydrogen-bond acceptors (Lipinski definition) is 3. The van der Waals surface area contributed by atoms with Crippen LogP contribution < -0.4 is 5.32 Å². The van der Waals surface area contributed by atoms with Gasteiger partial charge in [-0.2, -0.15) is 0 Å². The molecule has 4 rings (SSSR count). The van der Waals surface area contributed by atoms with Gasteiger partial charge in [0.15, 0.2) is 0 Å². The maximum absolute atomic E-state index is 6.36. The van der Waals surface area contributed by atoms with E-state index in [1.807, 2.05) is 66.7 Å². The lowest BCUT2D eigenvalue weighted by Gasteiger charge is -2.13. The van der Waals surface area contributed by atoms with Gasteiger partial charge in [0.25, 0.3) is 0 Å². The minimum atomic E-state index is 0.702. The predicted octanol–water partition coefficient (Wildman–Crippen LogP) is 5.49. The number of hydrogen-bond donors (Lipinski definition) is 1. The zero-order chi connectivity index (χ0) is 16.4. The number of anilines is 2. The second kappa shape index (κ2) is 6.30. The van der Waals surface area contributed by atoms with E-state index in [-0.39, 0.29) is 0 Å². The van der Waals surface area contributed by atoms with Gasteiger partial charge in [0, 0.05) is 27.2 Å². The Labute approximate surface area is 145 Å². The molecule has 0 aliphatic carbocycles. The highest BCUT2D eigenvalue weighted by Gasteiger charge is 2.10. The van der Waals surface area contributed by atoms with Gasteiger partial charge >= 0.3 is 0 Å². The first-order valence-electron chi connectivity index (χ1n) is 7.55. The molecular weight excluding hydrogens is 318 g/mol. The van der Waals surface area contributed by atoms with Gasteiger partial charge in [-0.1, -0.05) is 48.0 Å². The second-order valence-electron chi connectivity index (χ2n) is 5.32. The third-order valence-corrected chi connectivity index (χ3v) is 4.15. The summed E-state index contributed by atoms with van der Waals surface area (Å²) in [5, 5.41) is 5.08. The number of nitrogens with zero attached hydrogens (tertiary/aromatic N) is 2. The van der Waals surface area contributed by atoms with Crippen LogP contribution in [0.4, 0.5) is 11.5 Å². The summed E-state index contributed by atoms with van der Waals surface area (Å²) in [4.78, 5) is 8.69. The molecule has 1 aromatic heterocycles. The van der Waals surface area contributed by atoms with Crippen LogP contribution in [0.5, 0.6) is 0 Å². The Morgan fingerprint density at radius 3 is 2.62 bits per heavy atom. The van der Waals surface area contributed by atoms with Crippen LogP contribution in [0.3, 0.4) is 0 Å². The van der Waals surface area contributed by atoms with Crippen LogP contribution in [0.2, 0.25) is 5.02 Å². The van der Waals surface area contributed by atoms with Crippen LogP contribution in [0.25, 0.3) is 22.0 Å². The van der Waals surface area contributed by atoms with Gasteiger partial charge in [0.2, 0.25) is 0 Å². The molecule has 1 heterocycles. The minimum Gasteiger partial charge on any atom is -0.339 e. The molecule has 0 aliphatic heterocycles. The number of aromatic nitrogens is 2. The van der Waals surface area contributed by atoms with Gasteiger partial charge in [0.05, 0.1) is 5.52 Å². The van der Waals surface area contributed by atoms with E-state index in [9.17, 15) is 0 Å². The van der Waals surface area contributed by atoms with Crippen LogP contribution in [-0.2, 0) is 0 Å². The molecule has 1 N–H and O–H groups in total. The average molecular weight is 331 g/mol. The van der Waals surface area contributed by atoms with Crippen LogP contribution in [0, 0.1) is 6.07 Å². The molecule has 4 aromatic rings. The van der Waals surface area contributed by atoms with Gasteiger partial charge in [-0.3, -0.25) is 0 Å². The largest absolute Gasteiger partial charge is 0.339 e. The van der Waals surface area contributed by atoms with Gasteiger partial charge in [0.1, 0.15) is 12.1 Å².